The molecule has 0 aromatic heterocycles. The Balaban J connectivity index is 0.00000225. The summed E-state index contributed by atoms with van der Waals surface area (Å²) in [6.07, 6.45) is 0. The van der Waals surface area contributed by atoms with E-state index in [-0.39, 0.29) is 64.4 Å². The monoisotopic (exact) mass is 480 g/mol. The SMILES string of the molecule is O=[N+]([O-])c1cc(S(=O)(=O)O)c(O)c(N=Nc2c(O)ccc3ccccc23)c1O.[Cr].[Na+]. The average Bonchev–Trinajstić information content (AvgIpc) is 2.61. The van der Waals surface area contributed by atoms with Gasteiger partial charge in [-0.1, -0.05) is 30.3 Å². The van der Waals surface area contributed by atoms with Crippen molar-refractivity contribution in [1.29, 1.82) is 0 Å². The molecule has 0 saturated carbocycles. The largest absolute Gasteiger partial charge is 1.00 e. The Kier molecular flexibility index (Phi) is 8.35. The minimum atomic E-state index is -5.07. The van der Waals surface area contributed by atoms with Gasteiger partial charge in [-0.15, -0.1) is 10.2 Å². The number of hydrogen-bond donors (Lipinski definition) is 4. The normalized spacial score (nSPS) is 11.1. The van der Waals surface area contributed by atoms with Crippen molar-refractivity contribution in [2.75, 3.05) is 0 Å². The van der Waals surface area contributed by atoms with Gasteiger partial charge in [-0.25, -0.2) is 0 Å². The Bertz CT molecular complexity index is 1270. The summed E-state index contributed by atoms with van der Waals surface area (Å²) in [5, 5.41) is 49.4. The molecular formula is C16H11CrN3NaO8S+. The van der Waals surface area contributed by atoms with Crippen molar-refractivity contribution in [1.82, 2.24) is 0 Å². The zero-order valence-corrected chi connectivity index (χ0v) is 19.2. The standard InChI is InChI=1S/C16H11N3O8S.Cr.Na/c20-11-6-5-8-3-1-2-4-9(8)13(11)17-18-14-15(21)10(19(23)24)7-12(16(14)22)28(25,26)27;;/h1-7,20-22H,(H,25,26,27);;/q;;+1. The Morgan fingerprint density at radius 2 is 1.53 bits per heavy atom. The maximum Gasteiger partial charge on any atom is 1.00 e. The molecule has 30 heavy (non-hydrogen) atoms. The van der Waals surface area contributed by atoms with Gasteiger partial charge in [-0.3, -0.25) is 14.7 Å². The van der Waals surface area contributed by atoms with Crippen LogP contribution in [0.3, 0.4) is 0 Å². The van der Waals surface area contributed by atoms with Gasteiger partial charge in [0, 0.05) is 28.8 Å². The number of phenolic OH excluding ortho intramolecular Hbond substituents is 3. The molecule has 0 bridgehead atoms. The molecule has 0 aliphatic rings. The second-order valence-electron chi connectivity index (χ2n) is 5.53. The molecule has 0 aliphatic carbocycles. The summed E-state index contributed by atoms with van der Waals surface area (Å²) in [4.78, 5) is 8.69. The number of azo groups is 1. The van der Waals surface area contributed by atoms with Crippen LogP contribution in [0.4, 0.5) is 17.1 Å². The van der Waals surface area contributed by atoms with Crippen LogP contribution in [0.25, 0.3) is 10.8 Å². The Hall–Kier alpha value is -2.24. The average molecular weight is 480 g/mol. The number of nitrogens with zero attached hydrogens (tertiary/aromatic N) is 3. The number of aromatic hydroxyl groups is 3. The molecule has 3 aromatic carbocycles. The van der Waals surface area contributed by atoms with Crippen molar-refractivity contribution < 1.29 is 80.1 Å². The van der Waals surface area contributed by atoms with Gasteiger partial charge in [0.2, 0.25) is 5.75 Å². The minimum Gasteiger partial charge on any atom is -0.506 e. The third-order valence-corrected chi connectivity index (χ3v) is 4.66. The third kappa shape index (κ3) is 4.90. The molecule has 0 heterocycles. The number of nitro benzene ring substituents is 1. The number of rotatable bonds is 4. The molecule has 0 unspecified atom stereocenters. The molecular weight excluding hydrogens is 469 g/mol. The summed E-state index contributed by atoms with van der Waals surface area (Å²) in [6, 6.07) is 9.90. The van der Waals surface area contributed by atoms with Crippen molar-refractivity contribution in [2.24, 2.45) is 10.2 Å². The van der Waals surface area contributed by atoms with Crippen LogP contribution in [0.15, 0.2) is 57.6 Å². The van der Waals surface area contributed by atoms with Gasteiger partial charge >= 0.3 is 35.2 Å². The molecule has 3 aromatic rings. The van der Waals surface area contributed by atoms with Crippen molar-refractivity contribution in [3.05, 3.63) is 52.6 Å². The van der Waals surface area contributed by atoms with Gasteiger partial charge < -0.3 is 15.3 Å². The van der Waals surface area contributed by atoms with E-state index < -0.39 is 42.8 Å². The van der Waals surface area contributed by atoms with E-state index in [9.17, 15) is 33.9 Å². The molecule has 0 aliphatic heterocycles. The minimum absolute atomic E-state index is 0. The Labute approximate surface area is 202 Å². The van der Waals surface area contributed by atoms with Crippen LogP contribution in [-0.4, -0.2) is 33.2 Å². The summed E-state index contributed by atoms with van der Waals surface area (Å²) >= 11 is 0. The predicted octanol–water partition coefficient (Wildman–Crippen LogP) is 0.528. The summed E-state index contributed by atoms with van der Waals surface area (Å²) < 4.78 is 31.9. The van der Waals surface area contributed by atoms with Crippen LogP contribution in [0, 0.1) is 10.1 Å². The van der Waals surface area contributed by atoms with Crippen LogP contribution < -0.4 is 29.6 Å². The molecule has 0 fully saturated rings. The fraction of sp³-hybridized carbons (Fsp3) is 0. The number of phenols is 3. The first kappa shape index (κ1) is 25.8. The van der Waals surface area contributed by atoms with E-state index >= 15 is 0 Å². The van der Waals surface area contributed by atoms with Gasteiger partial charge in [0.15, 0.2) is 11.4 Å². The van der Waals surface area contributed by atoms with E-state index in [0.717, 1.165) is 0 Å². The maximum absolute atomic E-state index is 11.4. The maximum atomic E-state index is 11.4. The summed E-state index contributed by atoms with van der Waals surface area (Å²) in [5.74, 6) is -2.73. The quantitative estimate of drug-likeness (QED) is 0.137. The Morgan fingerprint density at radius 1 is 0.933 bits per heavy atom. The van der Waals surface area contributed by atoms with E-state index in [1.54, 1.807) is 30.3 Å². The fourth-order valence-corrected chi connectivity index (χ4v) is 3.09. The van der Waals surface area contributed by atoms with Crippen molar-refractivity contribution in [3.8, 4) is 17.2 Å². The molecule has 0 amide bonds. The molecule has 4 N–H and O–H groups in total. The van der Waals surface area contributed by atoms with Gasteiger partial charge in [0.1, 0.15) is 16.3 Å². The van der Waals surface area contributed by atoms with E-state index in [1.807, 2.05) is 0 Å². The predicted molar refractivity (Wildman–Crippen MR) is 96.0 cm³/mol. The van der Waals surface area contributed by atoms with Gasteiger partial charge in [-0.2, -0.15) is 8.42 Å². The summed E-state index contributed by atoms with van der Waals surface area (Å²) in [6.45, 7) is 0. The van der Waals surface area contributed by atoms with Crippen LogP contribution >= 0.6 is 0 Å². The molecule has 14 heteroatoms. The van der Waals surface area contributed by atoms with E-state index in [2.05, 4.69) is 10.2 Å². The fourth-order valence-electron chi connectivity index (χ4n) is 2.49. The molecule has 0 atom stereocenters. The van der Waals surface area contributed by atoms with Gasteiger partial charge in [0.05, 0.1) is 4.92 Å². The van der Waals surface area contributed by atoms with Crippen molar-refractivity contribution >= 4 is 38.0 Å². The topological polar surface area (TPSA) is 183 Å². The second-order valence-corrected chi connectivity index (χ2v) is 6.92. The second kappa shape index (κ2) is 9.71. The van der Waals surface area contributed by atoms with Crippen LogP contribution in [0.5, 0.6) is 17.2 Å². The number of benzene rings is 3. The number of fused-ring (bicyclic) bond motifs is 1. The van der Waals surface area contributed by atoms with Crippen molar-refractivity contribution in [2.45, 2.75) is 4.90 Å². The molecule has 150 valence electrons. The smallest absolute Gasteiger partial charge is 0.506 e. The van der Waals surface area contributed by atoms with E-state index in [1.165, 1.54) is 6.07 Å². The summed E-state index contributed by atoms with van der Waals surface area (Å²) in [5.41, 5.74) is -2.17. The molecule has 3 rings (SSSR count). The zero-order chi connectivity index (χ0) is 20.6. The van der Waals surface area contributed by atoms with Crippen LogP contribution in [-0.2, 0) is 27.5 Å². The van der Waals surface area contributed by atoms with E-state index in [4.69, 9.17) is 4.55 Å². The van der Waals surface area contributed by atoms with Gasteiger partial charge in [0.25, 0.3) is 10.1 Å². The first-order chi connectivity index (χ1) is 13.1. The van der Waals surface area contributed by atoms with Crippen LogP contribution in [0.2, 0.25) is 0 Å². The van der Waals surface area contributed by atoms with Gasteiger partial charge in [-0.05, 0) is 11.5 Å². The number of nitro groups is 1. The third-order valence-electron chi connectivity index (χ3n) is 3.80. The van der Waals surface area contributed by atoms with Crippen molar-refractivity contribution in [3.63, 3.8) is 0 Å². The zero-order valence-electron chi connectivity index (χ0n) is 15.1. The molecule has 0 spiro atoms. The first-order valence-electron chi connectivity index (χ1n) is 7.44. The molecule has 0 saturated heterocycles. The van der Waals surface area contributed by atoms with Crippen LogP contribution in [0.1, 0.15) is 0 Å². The Morgan fingerprint density at radius 3 is 2.13 bits per heavy atom. The first-order valence-corrected chi connectivity index (χ1v) is 8.88. The number of hydrogen-bond acceptors (Lipinski definition) is 9. The summed E-state index contributed by atoms with van der Waals surface area (Å²) in [7, 11) is -5.07. The molecule has 11 nitrogen and oxygen atoms in total. The van der Waals surface area contributed by atoms with E-state index in [0.29, 0.717) is 10.8 Å². The molecule has 0 radical (unpaired) electrons.